The molecule has 0 aromatic rings. The first-order chi connectivity index (χ1) is 6.63. The van der Waals surface area contributed by atoms with Crippen LogP contribution in [-0.2, 0) is 4.79 Å². The minimum atomic E-state index is -0.909. The van der Waals surface area contributed by atoms with Gasteiger partial charge in [0.15, 0.2) is 0 Å². The van der Waals surface area contributed by atoms with Crippen molar-refractivity contribution in [2.24, 2.45) is 0 Å². The van der Waals surface area contributed by atoms with Crippen molar-refractivity contribution >= 4 is 18.3 Å². The number of hydrogen-bond donors (Lipinski definition) is 2. The van der Waals surface area contributed by atoms with E-state index < -0.39 is 12.2 Å². The summed E-state index contributed by atoms with van der Waals surface area (Å²) in [7, 11) is 0. The molecule has 0 radical (unpaired) electrons. The van der Waals surface area contributed by atoms with E-state index in [9.17, 15) is 9.18 Å². The fraction of sp³-hybridized carbons (Fsp3) is 0.700. The molecule has 3 nitrogen and oxygen atoms in total. The SMILES string of the molecule is C#CCC(C)NC(=O)[C@H]1C[C@H](F)CN1.Cl. The number of nitrogens with one attached hydrogen (secondary N) is 2. The molecule has 1 saturated heterocycles. The summed E-state index contributed by atoms with van der Waals surface area (Å²) in [5.41, 5.74) is 0. The lowest BCUT2D eigenvalue weighted by molar-refractivity contribution is -0.123. The van der Waals surface area contributed by atoms with E-state index in [0.29, 0.717) is 6.42 Å². The van der Waals surface area contributed by atoms with E-state index in [1.54, 1.807) is 0 Å². The van der Waals surface area contributed by atoms with Crippen LogP contribution in [-0.4, -0.2) is 30.7 Å². The van der Waals surface area contributed by atoms with E-state index in [2.05, 4.69) is 16.6 Å². The minimum Gasteiger partial charge on any atom is -0.351 e. The number of halogens is 2. The molecule has 5 heteroatoms. The Labute approximate surface area is 95.6 Å². The summed E-state index contributed by atoms with van der Waals surface area (Å²) in [5.74, 6) is 2.30. The van der Waals surface area contributed by atoms with Gasteiger partial charge in [0.25, 0.3) is 0 Å². The third-order valence-corrected chi connectivity index (χ3v) is 2.21. The van der Waals surface area contributed by atoms with Crippen molar-refractivity contribution in [1.82, 2.24) is 10.6 Å². The second-order valence-corrected chi connectivity index (χ2v) is 3.61. The van der Waals surface area contributed by atoms with E-state index in [-0.39, 0.29) is 37.3 Å². The summed E-state index contributed by atoms with van der Waals surface area (Å²) < 4.78 is 12.7. The van der Waals surface area contributed by atoms with E-state index in [4.69, 9.17) is 6.42 Å². The number of carbonyl (C=O) groups excluding carboxylic acids is 1. The van der Waals surface area contributed by atoms with Crippen LogP contribution in [0.2, 0.25) is 0 Å². The number of rotatable bonds is 3. The molecular weight excluding hydrogens is 219 g/mol. The molecule has 0 spiro atoms. The molecule has 1 unspecified atom stereocenters. The number of amides is 1. The quantitative estimate of drug-likeness (QED) is 0.704. The monoisotopic (exact) mass is 234 g/mol. The maximum atomic E-state index is 12.7. The molecule has 3 atom stereocenters. The summed E-state index contributed by atoms with van der Waals surface area (Å²) in [6.45, 7) is 2.10. The van der Waals surface area contributed by atoms with Crippen LogP contribution in [0.3, 0.4) is 0 Å². The van der Waals surface area contributed by atoms with Gasteiger partial charge < -0.3 is 10.6 Å². The topological polar surface area (TPSA) is 41.1 Å². The van der Waals surface area contributed by atoms with Crippen LogP contribution in [0, 0.1) is 12.3 Å². The molecule has 1 aliphatic heterocycles. The molecule has 15 heavy (non-hydrogen) atoms. The van der Waals surface area contributed by atoms with Gasteiger partial charge in [0, 0.05) is 25.4 Å². The first kappa shape index (κ1) is 14.2. The molecule has 0 aromatic heterocycles. The van der Waals surface area contributed by atoms with Gasteiger partial charge in [-0.1, -0.05) is 0 Å². The Morgan fingerprint density at radius 1 is 1.80 bits per heavy atom. The molecular formula is C10H16ClFN2O. The molecule has 0 saturated carbocycles. The fourth-order valence-electron chi connectivity index (χ4n) is 1.46. The predicted octanol–water partition coefficient (Wildman–Crippen LogP) is 0.636. The average Bonchev–Trinajstić information content (AvgIpc) is 2.52. The number of hydrogen-bond acceptors (Lipinski definition) is 2. The molecule has 1 fully saturated rings. The van der Waals surface area contributed by atoms with Gasteiger partial charge in [-0.25, -0.2) is 4.39 Å². The van der Waals surface area contributed by atoms with Crippen LogP contribution < -0.4 is 10.6 Å². The number of terminal acetylenes is 1. The van der Waals surface area contributed by atoms with Gasteiger partial charge in [0.05, 0.1) is 6.04 Å². The van der Waals surface area contributed by atoms with Crippen LogP contribution in [0.25, 0.3) is 0 Å². The Morgan fingerprint density at radius 3 is 2.93 bits per heavy atom. The van der Waals surface area contributed by atoms with E-state index in [1.165, 1.54) is 0 Å². The molecule has 1 amide bonds. The maximum absolute atomic E-state index is 12.7. The molecule has 1 aliphatic rings. The molecule has 0 aliphatic carbocycles. The zero-order valence-corrected chi connectivity index (χ0v) is 9.44. The van der Waals surface area contributed by atoms with Gasteiger partial charge in [-0.15, -0.1) is 24.8 Å². The minimum absolute atomic E-state index is 0. The zero-order valence-electron chi connectivity index (χ0n) is 8.63. The van der Waals surface area contributed by atoms with Gasteiger partial charge in [0.1, 0.15) is 6.17 Å². The Bertz CT molecular complexity index is 254. The lowest BCUT2D eigenvalue weighted by atomic mass is 10.1. The summed E-state index contributed by atoms with van der Waals surface area (Å²) in [6.07, 6.45) is 4.95. The van der Waals surface area contributed by atoms with Crippen LogP contribution >= 0.6 is 12.4 Å². The fourth-order valence-corrected chi connectivity index (χ4v) is 1.46. The summed E-state index contributed by atoms with van der Waals surface area (Å²) in [4.78, 5) is 11.5. The molecule has 1 heterocycles. The van der Waals surface area contributed by atoms with Crippen LogP contribution in [0.15, 0.2) is 0 Å². The highest BCUT2D eigenvalue weighted by Gasteiger charge is 2.29. The van der Waals surface area contributed by atoms with Crippen molar-refractivity contribution in [3.05, 3.63) is 0 Å². The van der Waals surface area contributed by atoms with Crippen molar-refractivity contribution in [2.75, 3.05) is 6.54 Å². The van der Waals surface area contributed by atoms with Gasteiger partial charge in [-0.05, 0) is 6.92 Å². The smallest absolute Gasteiger partial charge is 0.237 e. The average molecular weight is 235 g/mol. The highest BCUT2D eigenvalue weighted by atomic mass is 35.5. The highest BCUT2D eigenvalue weighted by molar-refractivity contribution is 5.85. The van der Waals surface area contributed by atoms with Gasteiger partial charge >= 0.3 is 0 Å². The lowest BCUT2D eigenvalue weighted by Crippen LogP contribution is -2.44. The Balaban J connectivity index is 0.00000196. The first-order valence-corrected chi connectivity index (χ1v) is 4.74. The number of carbonyl (C=O) groups is 1. The summed E-state index contributed by atoms with van der Waals surface area (Å²) in [5, 5.41) is 5.55. The Kier molecular flexibility index (Phi) is 6.30. The molecule has 1 rings (SSSR count). The van der Waals surface area contributed by atoms with Crippen molar-refractivity contribution in [1.29, 1.82) is 0 Å². The van der Waals surface area contributed by atoms with Gasteiger partial charge in [-0.3, -0.25) is 4.79 Å². The van der Waals surface area contributed by atoms with Crippen molar-refractivity contribution in [3.8, 4) is 12.3 Å². The lowest BCUT2D eigenvalue weighted by Gasteiger charge is -2.14. The predicted molar refractivity (Wildman–Crippen MR) is 59.6 cm³/mol. The Hall–Kier alpha value is -0.790. The molecule has 86 valence electrons. The standard InChI is InChI=1S/C10H15FN2O.ClH/c1-3-4-7(2)13-10(14)9-5-8(11)6-12-9;/h1,7-9,12H,4-6H2,2H3,(H,13,14);1H/t7?,8-,9+;/m0./s1. The van der Waals surface area contributed by atoms with E-state index in [1.807, 2.05) is 6.92 Å². The van der Waals surface area contributed by atoms with Crippen LogP contribution in [0.4, 0.5) is 4.39 Å². The third-order valence-electron chi connectivity index (χ3n) is 2.21. The molecule has 2 N–H and O–H groups in total. The summed E-state index contributed by atoms with van der Waals surface area (Å²) >= 11 is 0. The highest BCUT2D eigenvalue weighted by Crippen LogP contribution is 2.10. The zero-order chi connectivity index (χ0) is 10.6. The van der Waals surface area contributed by atoms with E-state index >= 15 is 0 Å². The van der Waals surface area contributed by atoms with Crippen LogP contribution in [0.5, 0.6) is 0 Å². The first-order valence-electron chi connectivity index (χ1n) is 4.74. The molecule has 0 bridgehead atoms. The van der Waals surface area contributed by atoms with Gasteiger partial charge in [0.2, 0.25) is 5.91 Å². The van der Waals surface area contributed by atoms with E-state index in [0.717, 1.165) is 0 Å². The Morgan fingerprint density at radius 2 is 2.47 bits per heavy atom. The normalized spacial score (nSPS) is 26.2. The third kappa shape index (κ3) is 4.50. The second kappa shape index (κ2) is 6.65. The number of alkyl halides is 1. The second-order valence-electron chi connectivity index (χ2n) is 3.61. The maximum Gasteiger partial charge on any atom is 0.237 e. The summed E-state index contributed by atoms with van der Waals surface area (Å²) in [6, 6.07) is -0.446. The van der Waals surface area contributed by atoms with Gasteiger partial charge in [-0.2, -0.15) is 0 Å². The van der Waals surface area contributed by atoms with Crippen molar-refractivity contribution < 1.29 is 9.18 Å². The van der Waals surface area contributed by atoms with Crippen molar-refractivity contribution in [2.45, 2.75) is 38.0 Å². The largest absolute Gasteiger partial charge is 0.351 e. The van der Waals surface area contributed by atoms with Crippen LogP contribution in [0.1, 0.15) is 19.8 Å². The van der Waals surface area contributed by atoms with Crippen molar-refractivity contribution in [3.63, 3.8) is 0 Å². The molecule has 0 aromatic carbocycles.